The molecule has 0 bridgehead atoms. The lowest BCUT2D eigenvalue weighted by atomic mass is 10.1. The summed E-state index contributed by atoms with van der Waals surface area (Å²) in [6, 6.07) is 16.0. The number of nitrogens with zero attached hydrogens (tertiary/aromatic N) is 2. The molecule has 1 N–H and O–H groups in total. The van der Waals surface area contributed by atoms with Gasteiger partial charge in [-0.25, -0.2) is 8.42 Å². The Balaban J connectivity index is 2.10. The van der Waals surface area contributed by atoms with Crippen molar-refractivity contribution in [3.8, 4) is 0 Å². The zero-order valence-electron chi connectivity index (χ0n) is 21.2. The third-order valence-electron chi connectivity index (χ3n) is 5.86. The van der Waals surface area contributed by atoms with Crippen molar-refractivity contribution in [3.05, 3.63) is 92.4 Å². The first-order chi connectivity index (χ1) is 18.5. The predicted octanol–water partition coefficient (Wildman–Crippen LogP) is 6.44. The normalized spacial score (nSPS) is 12.1. The highest BCUT2D eigenvalue weighted by molar-refractivity contribution is 7.92. The van der Waals surface area contributed by atoms with Gasteiger partial charge in [0, 0.05) is 18.1 Å². The number of amides is 2. The standard InChI is InChI=1S/C27H27Cl4N3O4S/c1-3-24(27(36)32-4-2)33(16-18-10-12-21(29)23(31)14-18)26(35)17-34(25-15-19(28)11-13-22(25)30)39(37,38)20-8-6-5-7-9-20/h5-15,24H,3-4,16-17H2,1-2H3,(H,32,36). The van der Waals surface area contributed by atoms with Gasteiger partial charge >= 0.3 is 0 Å². The molecule has 3 aromatic rings. The van der Waals surface area contributed by atoms with E-state index in [0.29, 0.717) is 17.1 Å². The maximum atomic E-state index is 14.0. The Bertz CT molecular complexity index is 1440. The van der Waals surface area contributed by atoms with Crippen LogP contribution in [0.2, 0.25) is 20.1 Å². The van der Waals surface area contributed by atoms with Gasteiger partial charge in [-0.1, -0.05) is 77.6 Å². The quantitative estimate of drug-likeness (QED) is 0.264. The van der Waals surface area contributed by atoms with Crippen molar-refractivity contribution >= 4 is 73.9 Å². The highest BCUT2D eigenvalue weighted by atomic mass is 35.5. The maximum Gasteiger partial charge on any atom is 0.264 e. The number of sulfonamides is 1. The molecule has 0 heterocycles. The van der Waals surface area contributed by atoms with Crippen molar-refractivity contribution in [1.29, 1.82) is 0 Å². The molecule has 0 saturated heterocycles. The van der Waals surface area contributed by atoms with Crippen LogP contribution >= 0.6 is 46.4 Å². The van der Waals surface area contributed by atoms with Gasteiger partial charge in [0.1, 0.15) is 12.6 Å². The zero-order chi connectivity index (χ0) is 28.7. The van der Waals surface area contributed by atoms with Crippen LogP contribution in [0.3, 0.4) is 0 Å². The molecular weight excluding hydrogens is 604 g/mol. The molecule has 39 heavy (non-hydrogen) atoms. The lowest BCUT2D eigenvalue weighted by molar-refractivity contribution is -0.140. The van der Waals surface area contributed by atoms with Crippen molar-refractivity contribution < 1.29 is 18.0 Å². The fraction of sp³-hybridized carbons (Fsp3) is 0.259. The van der Waals surface area contributed by atoms with E-state index in [-0.39, 0.29) is 44.5 Å². The van der Waals surface area contributed by atoms with Crippen LogP contribution in [0.5, 0.6) is 0 Å². The van der Waals surface area contributed by atoms with Gasteiger partial charge in [-0.3, -0.25) is 13.9 Å². The largest absolute Gasteiger partial charge is 0.355 e. The van der Waals surface area contributed by atoms with Crippen LogP contribution in [0, 0.1) is 0 Å². The van der Waals surface area contributed by atoms with Crippen LogP contribution in [0.25, 0.3) is 0 Å². The average Bonchev–Trinajstić information content (AvgIpc) is 2.91. The SMILES string of the molecule is CCNC(=O)C(CC)N(Cc1ccc(Cl)c(Cl)c1)C(=O)CN(c1cc(Cl)ccc1Cl)S(=O)(=O)c1ccccc1. The Morgan fingerprint density at radius 1 is 0.872 bits per heavy atom. The molecule has 3 rings (SSSR count). The summed E-state index contributed by atoms with van der Waals surface area (Å²) in [5.41, 5.74) is 0.640. The van der Waals surface area contributed by atoms with Gasteiger partial charge in [0.05, 0.1) is 25.7 Å². The Kier molecular flexibility index (Phi) is 10.9. The first kappa shape index (κ1) is 31.0. The van der Waals surface area contributed by atoms with Crippen molar-refractivity contribution in [1.82, 2.24) is 10.2 Å². The van der Waals surface area contributed by atoms with Crippen molar-refractivity contribution in [2.45, 2.75) is 37.8 Å². The Labute approximate surface area is 248 Å². The second-order valence-corrected chi connectivity index (χ2v) is 12.0. The van der Waals surface area contributed by atoms with E-state index in [1.54, 1.807) is 50.2 Å². The summed E-state index contributed by atoms with van der Waals surface area (Å²) in [5.74, 6) is -0.999. The number of anilines is 1. The molecule has 3 aromatic carbocycles. The summed E-state index contributed by atoms with van der Waals surface area (Å²) < 4.78 is 28.5. The Hall–Kier alpha value is -2.49. The maximum absolute atomic E-state index is 14.0. The minimum absolute atomic E-state index is 0.0200. The molecule has 12 heteroatoms. The molecule has 0 fully saturated rings. The number of halogens is 4. The fourth-order valence-corrected chi connectivity index (χ4v) is 6.16. The average molecular weight is 631 g/mol. The van der Waals surface area contributed by atoms with E-state index in [9.17, 15) is 18.0 Å². The van der Waals surface area contributed by atoms with Crippen molar-refractivity contribution in [2.75, 3.05) is 17.4 Å². The van der Waals surface area contributed by atoms with E-state index in [4.69, 9.17) is 46.4 Å². The van der Waals surface area contributed by atoms with E-state index in [2.05, 4.69) is 5.32 Å². The minimum atomic E-state index is -4.27. The molecule has 0 aliphatic heterocycles. The van der Waals surface area contributed by atoms with Gasteiger partial charge in [0.2, 0.25) is 11.8 Å². The van der Waals surface area contributed by atoms with E-state index >= 15 is 0 Å². The number of benzene rings is 3. The monoisotopic (exact) mass is 629 g/mol. The van der Waals surface area contributed by atoms with Crippen molar-refractivity contribution in [2.24, 2.45) is 0 Å². The summed E-state index contributed by atoms with van der Waals surface area (Å²) >= 11 is 24.9. The number of hydrogen-bond donors (Lipinski definition) is 1. The minimum Gasteiger partial charge on any atom is -0.355 e. The molecule has 0 spiro atoms. The van der Waals surface area contributed by atoms with E-state index in [1.165, 1.54) is 35.2 Å². The van der Waals surface area contributed by atoms with Crippen LogP contribution in [-0.4, -0.2) is 44.3 Å². The van der Waals surface area contributed by atoms with Crippen LogP contribution in [0.4, 0.5) is 5.69 Å². The second kappa shape index (κ2) is 13.7. The van der Waals surface area contributed by atoms with E-state index in [0.717, 1.165) is 4.31 Å². The lowest BCUT2D eigenvalue weighted by Gasteiger charge is -2.33. The summed E-state index contributed by atoms with van der Waals surface area (Å²) in [5, 5.41) is 3.68. The van der Waals surface area contributed by atoms with Gasteiger partial charge in [-0.15, -0.1) is 0 Å². The summed E-state index contributed by atoms with van der Waals surface area (Å²) in [7, 11) is -4.27. The smallest absolute Gasteiger partial charge is 0.264 e. The molecule has 208 valence electrons. The molecule has 2 amide bonds. The highest BCUT2D eigenvalue weighted by Gasteiger charge is 2.34. The Morgan fingerprint density at radius 3 is 2.15 bits per heavy atom. The Morgan fingerprint density at radius 2 is 1.54 bits per heavy atom. The number of carbonyl (C=O) groups is 2. The topological polar surface area (TPSA) is 86.8 Å². The van der Waals surface area contributed by atoms with Crippen LogP contribution in [0.15, 0.2) is 71.6 Å². The van der Waals surface area contributed by atoms with Gasteiger partial charge in [-0.05, 0) is 61.4 Å². The first-order valence-electron chi connectivity index (χ1n) is 12.0. The van der Waals surface area contributed by atoms with Crippen LogP contribution < -0.4 is 9.62 Å². The predicted molar refractivity (Wildman–Crippen MR) is 157 cm³/mol. The van der Waals surface area contributed by atoms with Gasteiger partial charge in [-0.2, -0.15) is 0 Å². The molecule has 1 unspecified atom stereocenters. The van der Waals surface area contributed by atoms with E-state index in [1.807, 2.05) is 0 Å². The van der Waals surface area contributed by atoms with Crippen LogP contribution in [0.1, 0.15) is 25.8 Å². The summed E-state index contributed by atoms with van der Waals surface area (Å²) in [6.07, 6.45) is 0.280. The van der Waals surface area contributed by atoms with Gasteiger partial charge in [0.15, 0.2) is 0 Å². The molecule has 7 nitrogen and oxygen atoms in total. The first-order valence-corrected chi connectivity index (χ1v) is 15.0. The molecule has 0 radical (unpaired) electrons. The number of nitrogens with one attached hydrogen (secondary N) is 1. The number of hydrogen-bond acceptors (Lipinski definition) is 4. The number of carbonyl (C=O) groups excluding carboxylic acids is 2. The summed E-state index contributed by atoms with van der Waals surface area (Å²) in [4.78, 5) is 28.2. The third-order valence-corrected chi connectivity index (χ3v) is 8.93. The second-order valence-electron chi connectivity index (χ2n) is 8.51. The zero-order valence-corrected chi connectivity index (χ0v) is 25.0. The molecule has 0 aromatic heterocycles. The van der Waals surface area contributed by atoms with Gasteiger partial charge < -0.3 is 10.2 Å². The molecule has 0 aliphatic rings. The van der Waals surface area contributed by atoms with E-state index < -0.39 is 28.5 Å². The number of likely N-dealkylation sites (N-methyl/N-ethyl adjacent to an activating group) is 1. The molecular formula is C27H27Cl4N3O4S. The molecule has 0 saturated carbocycles. The lowest BCUT2D eigenvalue weighted by Crippen LogP contribution is -2.52. The van der Waals surface area contributed by atoms with Crippen molar-refractivity contribution in [3.63, 3.8) is 0 Å². The molecule has 0 aliphatic carbocycles. The molecule has 1 atom stereocenters. The highest BCUT2D eigenvalue weighted by Crippen LogP contribution is 2.33. The summed E-state index contributed by atoms with van der Waals surface area (Å²) in [6.45, 7) is 3.23. The number of rotatable bonds is 11. The third kappa shape index (κ3) is 7.58. The van der Waals surface area contributed by atoms with Gasteiger partial charge in [0.25, 0.3) is 10.0 Å². The van der Waals surface area contributed by atoms with Crippen LogP contribution in [-0.2, 0) is 26.2 Å². The fourth-order valence-electron chi connectivity index (χ4n) is 3.96.